The van der Waals surface area contributed by atoms with Crippen LogP contribution in [-0.4, -0.2) is 40.7 Å². The van der Waals surface area contributed by atoms with Gasteiger partial charge in [0.25, 0.3) is 5.56 Å². The van der Waals surface area contributed by atoms with Crippen LogP contribution in [0.4, 0.5) is 0 Å². The van der Waals surface area contributed by atoms with Crippen molar-refractivity contribution in [1.29, 1.82) is 0 Å². The number of hydrogen-bond donors (Lipinski definition) is 0. The molecule has 0 spiro atoms. The van der Waals surface area contributed by atoms with Crippen molar-refractivity contribution in [2.45, 2.75) is 19.4 Å². The molecule has 1 saturated heterocycles. The lowest BCUT2D eigenvalue weighted by Crippen LogP contribution is -2.23. The molecule has 0 aliphatic carbocycles. The van der Waals surface area contributed by atoms with Gasteiger partial charge in [0.1, 0.15) is 6.10 Å². The van der Waals surface area contributed by atoms with Gasteiger partial charge in [-0.05, 0) is 26.5 Å². The van der Waals surface area contributed by atoms with E-state index in [1.165, 1.54) is 0 Å². The molecule has 0 saturated carbocycles. The van der Waals surface area contributed by atoms with Crippen LogP contribution in [0.1, 0.15) is 12.1 Å². The molecule has 0 unspecified atom stereocenters. The van der Waals surface area contributed by atoms with E-state index in [-0.39, 0.29) is 11.7 Å². The highest BCUT2D eigenvalue weighted by Crippen LogP contribution is 2.28. The molecule has 106 valence electrons. The van der Waals surface area contributed by atoms with Crippen LogP contribution in [0, 0.1) is 6.92 Å². The highest BCUT2D eigenvalue weighted by molar-refractivity contribution is 5.84. The van der Waals surface area contributed by atoms with Crippen LogP contribution in [0.25, 0.3) is 10.9 Å². The van der Waals surface area contributed by atoms with Gasteiger partial charge in [-0.3, -0.25) is 9.78 Å². The van der Waals surface area contributed by atoms with E-state index in [9.17, 15) is 4.79 Å². The van der Waals surface area contributed by atoms with Crippen molar-refractivity contribution >= 4 is 10.9 Å². The van der Waals surface area contributed by atoms with Gasteiger partial charge in [0, 0.05) is 37.8 Å². The first-order valence-corrected chi connectivity index (χ1v) is 6.87. The lowest BCUT2D eigenvalue weighted by atomic mass is 10.2. The first kappa shape index (κ1) is 13.1. The van der Waals surface area contributed by atoms with Gasteiger partial charge in [-0.25, -0.2) is 0 Å². The summed E-state index contributed by atoms with van der Waals surface area (Å²) < 4.78 is 7.80. The third-order valence-corrected chi connectivity index (χ3v) is 3.92. The number of likely N-dealkylation sites (N-methyl/N-ethyl adjacent to an activating group) is 1. The molecule has 2 aromatic rings. The molecular formula is C15H19N3O2. The molecule has 1 aliphatic rings. The summed E-state index contributed by atoms with van der Waals surface area (Å²) >= 11 is 0. The average molecular weight is 273 g/mol. The van der Waals surface area contributed by atoms with E-state index in [1.54, 1.807) is 29.9 Å². The number of aryl methyl sites for hydroxylation is 2. The van der Waals surface area contributed by atoms with Gasteiger partial charge in [0.15, 0.2) is 5.75 Å². The first-order chi connectivity index (χ1) is 9.56. The van der Waals surface area contributed by atoms with Gasteiger partial charge in [-0.1, -0.05) is 0 Å². The fraction of sp³-hybridized carbons (Fsp3) is 0.467. The number of ether oxygens (including phenoxy) is 1. The summed E-state index contributed by atoms with van der Waals surface area (Å²) in [5.74, 6) is 0.739. The molecular weight excluding hydrogens is 254 g/mol. The van der Waals surface area contributed by atoms with E-state index < -0.39 is 0 Å². The monoisotopic (exact) mass is 273 g/mol. The fourth-order valence-electron chi connectivity index (χ4n) is 2.74. The second-order valence-electron chi connectivity index (χ2n) is 5.50. The van der Waals surface area contributed by atoms with Gasteiger partial charge >= 0.3 is 0 Å². The number of likely N-dealkylation sites (tertiary alicyclic amines) is 1. The lowest BCUT2D eigenvalue weighted by Gasteiger charge is -2.18. The Hall–Kier alpha value is -1.88. The van der Waals surface area contributed by atoms with Crippen LogP contribution in [0.5, 0.6) is 5.75 Å². The predicted molar refractivity (Wildman–Crippen MR) is 78.3 cm³/mol. The minimum atomic E-state index is -0.0310. The van der Waals surface area contributed by atoms with E-state index >= 15 is 0 Å². The van der Waals surface area contributed by atoms with Crippen LogP contribution in [-0.2, 0) is 7.05 Å². The van der Waals surface area contributed by atoms with Gasteiger partial charge < -0.3 is 14.2 Å². The normalized spacial score (nSPS) is 19.6. The summed E-state index contributed by atoms with van der Waals surface area (Å²) in [6.07, 6.45) is 2.96. The fourth-order valence-corrected chi connectivity index (χ4v) is 2.74. The topological polar surface area (TPSA) is 47.4 Å². The van der Waals surface area contributed by atoms with E-state index in [0.717, 1.165) is 41.9 Å². The van der Waals surface area contributed by atoms with Gasteiger partial charge in [-0.2, -0.15) is 0 Å². The van der Waals surface area contributed by atoms with E-state index in [0.29, 0.717) is 0 Å². The number of aromatic nitrogens is 2. The number of fused-ring (bicyclic) bond motifs is 1. The van der Waals surface area contributed by atoms with Crippen LogP contribution in [0.3, 0.4) is 0 Å². The zero-order chi connectivity index (χ0) is 14.3. The molecule has 1 aliphatic heterocycles. The third-order valence-electron chi connectivity index (χ3n) is 3.92. The van der Waals surface area contributed by atoms with Crippen molar-refractivity contribution < 1.29 is 4.74 Å². The second-order valence-corrected chi connectivity index (χ2v) is 5.50. The Morgan fingerprint density at radius 3 is 2.85 bits per heavy atom. The Morgan fingerprint density at radius 1 is 1.35 bits per heavy atom. The van der Waals surface area contributed by atoms with Crippen molar-refractivity contribution in [3.63, 3.8) is 0 Å². The summed E-state index contributed by atoms with van der Waals surface area (Å²) in [7, 11) is 3.87. The van der Waals surface area contributed by atoms with Crippen molar-refractivity contribution in [3.05, 3.63) is 34.4 Å². The molecule has 3 rings (SSSR count). The largest absolute Gasteiger partial charge is 0.485 e. The quantitative estimate of drug-likeness (QED) is 0.828. The average Bonchev–Trinajstić information content (AvgIpc) is 2.83. The third kappa shape index (κ3) is 2.18. The molecule has 5 heteroatoms. The molecule has 1 atom stereocenters. The molecule has 1 fully saturated rings. The Balaban J connectivity index is 2.11. The van der Waals surface area contributed by atoms with Crippen LogP contribution in [0.15, 0.2) is 23.1 Å². The minimum Gasteiger partial charge on any atom is -0.485 e. The standard InChI is InChI=1S/C15H19N3O2/c1-10-15(20-12-6-7-17(2)9-12)14-11(8-16-10)4-5-13(19)18(14)3/h4-5,8,12H,6-7,9H2,1-3H3/t12-/m1/s1. The Labute approximate surface area is 117 Å². The number of nitrogens with zero attached hydrogens (tertiary/aromatic N) is 3. The number of rotatable bonds is 2. The van der Waals surface area contributed by atoms with Crippen molar-refractivity contribution in [2.75, 3.05) is 20.1 Å². The second kappa shape index (κ2) is 4.90. The smallest absolute Gasteiger partial charge is 0.250 e. The van der Waals surface area contributed by atoms with Crippen LogP contribution in [0.2, 0.25) is 0 Å². The molecule has 0 N–H and O–H groups in total. The highest BCUT2D eigenvalue weighted by Gasteiger charge is 2.23. The zero-order valence-corrected chi connectivity index (χ0v) is 12.1. The number of hydrogen-bond acceptors (Lipinski definition) is 4. The first-order valence-electron chi connectivity index (χ1n) is 6.87. The maximum Gasteiger partial charge on any atom is 0.250 e. The Morgan fingerprint density at radius 2 is 2.15 bits per heavy atom. The molecule has 0 amide bonds. The molecule has 0 radical (unpaired) electrons. The Kier molecular flexibility index (Phi) is 3.22. The predicted octanol–water partition coefficient (Wildman–Crippen LogP) is 1.32. The lowest BCUT2D eigenvalue weighted by molar-refractivity contribution is 0.208. The van der Waals surface area contributed by atoms with Gasteiger partial charge in [-0.15, -0.1) is 0 Å². The van der Waals surface area contributed by atoms with Crippen molar-refractivity contribution in [3.8, 4) is 5.75 Å². The molecule has 0 aromatic carbocycles. The van der Waals surface area contributed by atoms with Crippen LogP contribution >= 0.6 is 0 Å². The number of pyridine rings is 2. The molecule has 2 aromatic heterocycles. The van der Waals surface area contributed by atoms with Crippen molar-refractivity contribution in [1.82, 2.24) is 14.5 Å². The summed E-state index contributed by atoms with van der Waals surface area (Å²) in [5, 5.41) is 0.930. The highest BCUT2D eigenvalue weighted by atomic mass is 16.5. The van der Waals surface area contributed by atoms with E-state index in [2.05, 4.69) is 16.9 Å². The molecule has 5 nitrogen and oxygen atoms in total. The van der Waals surface area contributed by atoms with Crippen molar-refractivity contribution in [2.24, 2.45) is 7.05 Å². The van der Waals surface area contributed by atoms with E-state index in [4.69, 9.17) is 4.74 Å². The Bertz CT molecular complexity index is 708. The minimum absolute atomic E-state index is 0.0310. The molecule has 3 heterocycles. The summed E-state index contributed by atoms with van der Waals surface area (Å²) in [6, 6.07) is 3.37. The SMILES string of the molecule is Cc1ncc2ccc(=O)n(C)c2c1O[C@@H]1CCN(C)C1. The van der Waals surface area contributed by atoms with Gasteiger partial charge in [0.2, 0.25) is 0 Å². The summed E-state index contributed by atoms with van der Waals surface area (Å²) in [6.45, 7) is 3.88. The van der Waals surface area contributed by atoms with E-state index in [1.807, 2.05) is 6.92 Å². The van der Waals surface area contributed by atoms with Crippen LogP contribution < -0.4 is 10.3 Å². The van der Waals surface area contributed by atoms with Gasteiger partial charge in [0.05, 0.1) is 11.2 Å². The maximum atomic E-state index is 11.9. The summed E-state index contributed by atoms with van der Waals surface area (Å²) in [4.78, 5) is 18.5. The molecule has 0 bridgehead atoms. The molecule has 20 heavy (non-hydrogen) atoms. The summed E-state index contributed by atoms with van der Waals surface area (Å²) in [5.41, 5.74) is 1.63. The zero-order valence-electron chi connectivity index (χ0n) is 12.1. The maximum absolute atomic E-state index is 11.9.